The van der Waals surface area contributed by atoms with Gasteiger partial charge in [0.1, 0.15) is 17.0 Å². The predicted octanol–water partition coefficient (Wildman–Crippen LogP) is 3.50. The first-order valence-electron chi connectivity index (χ1n) is 10.5. The van der Waals surface area contributed by atoms with Gasteiger partial charge >= 0.3 is 0 Å². The molecule has 8 nitrogen and oxygen atoms in total. The zero-order chi connectivity index (χ0) is 22.2. The van der Waals surface area contributed by atoms with Crippen LogP contribution >= 0.6 is 0 Å². The van der Waals surface area contributed by atoms with Crippen LogP contribution in [0.25, 0.3) is 33.7 Å². The quantitative estimate of drug-likeness (QED) is 0.465. The molecule has 5 aromatic rings. The number of hydrogen-bond donors (Lipinski definition) is 1. The van der Waals surface area contributed by atoms with Gasteiger partial charge < -0.3 is 4.57 Å². The van der Waals surface area contributed by atoms with E-state index in [0.717, 1.165) is 51.2 Å². The van der Waals surface area contributed by atoms with E-state index in [1.54, 1.807) is 17.7 Å². The lowest BCUT2D eigenvalue weighted by molar-refractivity contribution is 0.722. The van der Waals surface area contributed by atoms with E-state index >= 15 is 0 Å². The molecule has 0 bridgehead atoms. The zero-order valence-electron chi connectivity index (χ0n) is 18.2. The highest BCUT2D eigenvalue weighted by Gasteiger charge is 2.16. The number of fused-ring (bicyclic) bond motifs is 1. The maximum absolute atomic E-state index is 12.4. The van der Waals surface area contributed by atoms with E-state index < -0.39 is 0 Å². The monoisotopic (exact) mass is 425 g/mol. The number of H-pyrrole nitrogens is 1. The summed E-state index contributed by atoms with van der Waals surface area (Å²) in [7, 11) is 1.81. The van der Waals surface area contributed by atoms with Crippen LogP contribution in [0.1, 0.15) is 23.9 Å². The molecule has 0 spiro atoms. The molecule has 1 N–H and O–H groups in total. The van der Waals surface area contributed by atoms with E-state index in [2.05, 4.69) is 62.4 Å². The van der Waals surface area contributed by atoms with Crippen LogP contribution in [0.4, 0.5) is 0 Å². The summed E-state index contributed by atoms with van der Waals surface area (Å²) in [5.41, 5.74) is 6.80. The lowest BCUT2D eigenvalue weighted by Crippen LogP contribution is -2.19. The standard InChI is InChI=1S/C24H23N7O/c1-4-20-25-22-15(2)13-21(32)30(3)24(22)31(20)14-16-9-11-17(12-10-16)18-7-5-6-8-19(18)23-26-28-29-27-23/h5-13H,4,14H2,1-3H3,(H,26,27,28,29). The minimum absolute atomic E-state index is 0.0211. The number of pyridine rings is 1. The summed E-state index contributed by atoms with van der Waals surface area (Å²) in [6, 6.07) is 18.1. The van der Waals surface area contributed by atoms with Crippen molar-refractivity contribution in [3.05, 3.63) is 81.9 Å². The van der Waals surface area contributed by atoms with E-state index in [0.29, 0.717) is 12.4 Å². The van der Waals surface area contributed by atoms with Gasteiger partial charge in [0.25, 0.3) is 5.56 Å². The molecule has 0 saturated heterocycles. The molecule has 2 aromatic carbocycles. The van der Waals surface area contributed by atoms with Crippen molar-refractivity contribution in [2.45, 2.75) is 26.8 Å². The van der Waals surface area contributed by atoms with Crippen LogP contribution in [-0.4, -0.2) is 34.7 Å². The first-order valence-corrected chi connectivity index (χ1v) is 10.5. The molecule has 0 amide bonds. The highest BCUT2D eigenvalue weighted by molar-refractivity contribution is 5.80. The van der Waals surface area contributed by atoms with Gasteiger partial charge in [-0.15, -0.1) is 10.2 Å². The van der Waals surface area contributed by atoms with Crippen molar-refractivity contribution in [1.29, 1.82) is 0 Å². The fourth-order valence-corrected chi connectivity index (χ4v) is 4.16. The number of benzene rings is 2. The molecule has 0 saturated carbocycles. The lowest BCUT2D eigenvalue weighted by Gasteiger charge is -2.12. The molecular weight excluding hydrogens is 402 g/mol. The molecule has 32 heavy (non-hydrogen) atoms. The Hall–Kier alpha value is -4.07. The average Bonchev–Trinajstić information content (AvgIpc) is 3.47. The minimum atomic E-state index is -0.0211. The molecule has 8 heteroatoms. The van der Waals surface area contributed by atoms with Crippen LogP contribution in [0.2, 0.25) is 0 Å². The second-order valence-electron chi connectivity index (χ2n) is 7.84. The third-order valence-corrected chi connectivity index (χ3v) is 5.82. The SMILES string of the molecule is CCc1nc2c(C)cc(=O)n(C)c2n1Cc1ccc(-c2ccccc2-c2nn[nH]n2)cc1. The highest BCUT2D eigenvalue weighted by Crippen LogP contribution is 2.30. The molecular formula is C24H23N7O. The smallest absolute Gasteiger partial charge is 0.252 e. The number of aromatic nitrogens is 7. The van der Waals surface area contributed by atoms with E-state index in [1.165, 1.54) is 0 Å². The lowest BCUT2D eigenvalue weighted by atomic mass is 9.98. The third-order valence-electron chi connectivity index (χ3n) is 5.82. The number of aromatic amines is 1. The Labute approximate surface area is 184 Å². The van der Waals surface area contributed by atoms with Gasteiger partial charge in [-0.3, -0.25) is 9.36 Å². The predicted molar refractivity (Wildman–Crippen MR) is 123 cm³/mol. The molecule has 0 unspecified atom stereocenters. The normalized spacial score (nSPS) is 11.3. The van der Waals surface area contributed by atoms with E-state index in [9.17, 15) is 4.79 Å². The Kier molecular flexibility index (Phi) is 4.89. The molecule has 0 atom stereocenters. The van der Waals surface area contributed by atoms with Crippen LogP contribution in [0, 0.1) is 6.92 Å². The number of aryl methyl sites for hydroxylation is 3. The van der Waals surface area contributed by atoms with Gasteiger partial charge in [0.05, 0.1) is 6.54 Å². The van der Waals surface area contributed by atoms with Crippen LogP contribution < -0.4 is 5.56 Å². The molecule has 0 radical (unpaired) electrons. The second kappa shape index (κ2) is 7.88. The van der Waals surface area contributed by atoms with E-state index in [4.69, 9.17) is 4.98 Å². The Morgan fingerprint density at radius 2 is 1.78 bits per heavy atom. The summed E-state index contributed by atoms with van der Waals surface area (Å²) in [6.45, 7) is 4.67. The van der Waals surface area contributed by atoms with Crippen LogP contribution in [0.5, 0.6) is 0 Å². The maximum Gasteiger partial charge on any atom is 0.252 e. The number of rotatable bonds is 5. The maximum atomic E-state index is 12.4. The number of hydrogen-bond acceptors (Lipinski definition) is 5. The van der Waals surface area contributed by atoms with Crippen molar-refractivity contribution in [3.8, 4) is 22.5 Å². The van der Waals surface area contributed by atoms with Crippen LogP contribution in [-0.2, 0) is 20.0 Å². The molecule has 0 aliphatic carbocycles. The Bertz CT molecular complexity index is 1460. The molecule has 0 aliphatic heterocycles. The topological polar surface area (TPSA) is 94.3 Å². The molecule has 0 aliphatic rings. The van der Waals surface area contributed by atoms with Crippen molar-refractivity contribution < 1.29 is 0 Å². The molecule has 3 heterocycles. The van der Waals surface area contributed by atoms with Gasteiger partial charge in [-0.2, -0.15) is 5.21 Å². The van der Waals surface area contributed by atoms with Gasteiger partial charge in [-0.25, -0.2) is 4.98 Å². The minimum Gasteiger partial charge on any atom is -0.310 e. The molecule has 3 aromatic heterocycles. The van der Waals surface area contributed by atoms with Crippen molar-refractivity contribution in [2.24, 2.45) is 7.05 Å². The zero-order valence-corrected chi connectivity index (χ0v) is 18.2. The van der Waals surface area contributed by atoms with Crippen molar-refractivity contribution in [3.63, 3.8) is 0 Å². The van der Waals surface area contributed by atoms with Crippen LogP contribution in [0.3, 0.4) is 0 Å². The Morgan fingerprint density at radius 1 is 1.03 bits per heavy atom. The fourth-order valence-electron chi connectivity index (χ4n) is 4.16. The summed E-state index contributed by atoms with van der Waals surface area (Å²) in [4.78, 5) is 17.2. The molecule has 5 rings (SSSR count). The number of nitrogens with one attached hydrogen (secondary N) is 1. The summed E-state index contributed by atoms with van der Waals surface area (Å²) in [5, 5.41) is 14.4. The average molecular weight is 425 g/mol. The van der Waals surface area contributed by atoms with Gasteiger partial charge in [0, 0.05) is 25.1 Å². The number of nitrogens with zero attached hydrogens (tertiary/aromatic N) is 6. The van der Waals surface area contributed by atoms with Gasteiger partial charge in [-0.05, 0) is 34.4 Å². The third kappa shape index (κ3) is 3.30. The van der Waals surface area contributed by atoms with Gasteiger partial charge in [0.2, 0.25) is 5.82 Å². The summed E-state index contributed by atoms with van der Waals surface area (Å²) >= 11 is 0. The Morgan fingerprint density at radius 3 is 2.47 bits per heavy atom. The van der Waals surface area contributed by atoms with E-state index in [1.807, 2.05) is 25.1 Å². The number of tetrazole rings is 1. The Balaban J connectivity index is 1.54. The largest absolute Gasteiger partial charge is 0.310 e. The second-order valence-corrected chi connectivity index (χ2v) is 7.84. The van der Waals surface area contributed by atoms with Crippen LogP contribution in [0.15, 0.2) is 59.4 Å². The first kappa shape index (κ1) is 19.9. The first-order chi connectivity index (χ1) is 15.6. The fraction of sp³-hybridized carbons (Fsp3) is 0.208. The van der Waals surface area contributed by atoms with Crippen molar-refractivity contribution >= 4 is 11.2 Å². The highest BCUT2D eigenvalue weighted by atomic mass is 16.1. The summed E-state index contributed by atoms with van der Waals surface area (Å²) < 4.78 is 3.83. The van der Waals surface area contributed by atoms with E-state index in [-0.39, 0.29) is 5.56 Å². The molecule has 160 valence electrons. The van der Waals surface area contributed by atoms with Crippen molar-refractivity contribution in [1.82, 2.24) is 34.7 Å². The van der Waals surface area contributed by atoms with Gasteiger partial charge in [0.15, 0.2) is 0 Å². The van der Waals surface area contributed by atoms with Crippen molar-refractivity contribution in [2.75, 3.05) is 0 Å². The summed E-state index contributed by atoms with van der Waals surface area (Å²) in [6.07, 6.45) is 0.790. The van der Waals surface area contributed by atoms with Gasteiger partial charge in [-0.1, -0.05) is 55.5 Å². The molecule has 0 fully saturated rings. The number of imidazole rings is 1. The summed E-state index contributed by atoms with van der Waals surface area (Å²) in [5.74, 6) is 1.54.